The van der Waals surface area contributed by atoms with Gasteiger partial charge in [0.25, 0.3) is 0 Å². The molecule has 1 fully saturated rings. The molecular formula is C23H28F3N3O3S. The number of nitrogens with zero attached hydrogens (tertiary/aromatic N) is 2. The minimum absolute atomic E-state index is 0.0879. The topological polar surface area (TPSA) is 69.7 Å². The lowest BCUT2D eigenvalue weighted by Gasteiger charge is -2.30. The highest BCUT2D eigenvalue weighted by Crippen LogP contribution is 2.32. The Hall–Kier alpha value is -2.43. The van der Waals surface area contributed by atoms with Crippen molar-refractivity contribution in [3.05, 3.63) is 65.7 Å². The minimum Gasteiger partial charge on any atom is -0.355 e. The molecule has 10 heteroatoms. The Bertz CT molecular complexity index is 1040. The van der Waals surface area contributed by atoms with Gasteiger partial charge < -0.3 is 10.2 Å². The zero-order chi connectivity index (χ0) is 24.1. The maximum Gasteiger partial charge on any atom is 0.416 e. The standard InChI is InChI=1S/C23H28F3N3O3S/c1-28(17-18-6-3-2-4-7-18)15-12-27-22(30)19-10-13-29(14-11-19)33(31,32)21-9-5-8-20(16-21)23(24,25)26/h2-9,16,19H,10-15,17H2,1H3,(H,27,30). The van der Waals surface area contributed by atoms with Gasteiger partial charge in [0, 0.05) is 38.6 Å². The predicted molar refractivity (Wildman–Crippen MR) is 119 cm³/mol. The molecule has 1 heterocycles. The largest absolute Gasteiger partial charge is 0.416 e. The monoisotopic (exact) mass is 483 g/mol. The van der Waals surface area contributed by atoms with Crippen molar-refractivity contribution in [3.63, 3.8) is 0 Å². The molecule has 2 aromatic carbocycles. The fraction of sp³-hybridized carbons (Fsp3) is 0.435. The number of hydrogen-bond acceptors (Lipinski definition) is 4. The second-order valence-electron chi connectivity index (χ2n) is 8.22. The number of rotatable bonds is 8. The number of sulfonamides is 1. The smallest absolute Gasteiger partial charge is 0.355 e. The molecule has 33 heavy (non-hydrogen) atoms. The molecular weight excluding hydrogens is 455 g/mol. The average molecular weight is 484 g/mol. The third kappa shape index (κ3) is 6.78. The van der Waals surface area contributed by atoms with E-state index < -0.39 is 21.8 Å². The number of amides is 1. The number of alkyl halides is 3. The summed E-state index contributed by atoms with van der Waals surface area (Å²) in [6.07, 6.45) is -3.97. The fourth-order valence-electron chi connectivity index (χ4n) is 3.83. The number of carbonyl (C=O) groups excluding carboxylic acids is 1. The summed E-state index contributed by atoms with van der Waals surface area (Å²) in [4.78, 5) is 14.2. The van der Waals surface area contributed by atoms with Gasteiger partial charge in [0.1, 0.15) is 0 Å². The summed E-state index contributed by atoms with van der Waals surface area (Å²) in [7, 11) is -2.09. The van der Waals surface area contributed by atoms with Crippen molar-refractivity contribution >= 4 is 15.9 Å². The van der Waals surface area contributed by atoms with Gasteiger partial charge in [-0.15, -0.1) is 0 Å². The molecule has 0 atom stereocenters. The first kappa shape index (κ1) is 25.2. The van der Waals surface area contributed by atoms with Gasteiger partial charge in [-0.1, -0.05) is 36.4 Å². The van der Waals surface area contributed by atoms with E-state index in [0.717, 1.165) is 29.0 Å². The Kier molecular flexibility index (Phi) is 8.14. The Labute approximate surface area is 192 Å². The Morgan fingerprint density at radius 3 is 2.39 bits per heavy atom. The molecule has 0 spiro atoms. The average Bonchev–Trinajstić information content (AvgIpc) is 2.79. The van der Waals surface area contributed by atoms with Crippen LogP contribution in [0.25, 0.3) is 0 Å². The lowest BCUT2D eigenvalue weighted by atomic mass is 9.97. The van der Waals surface area contributed by atoms with E-state index in [1.54, 1.807) is 0 Å². The highest BCUT2D eigenvalue weighted by molar-refractivity contribution is 7.89. The van der Waals surface area contributed by atoms with Crippen LogP contribution < -0.4 is 5.32 Å². The zero-order valence-electron chi connectivity index (χ0n) is 18.4. The van der Waals surface area contributed by atoms with E-state index in [0.29, 0.717) is 32.0 Å². The SMILES string of the molecule is CN(CCNC(=O)C1CCN(S(=O)(=O)c2cccc(C(F)(F)F)c2)CC1)Cc1ccccc1. The first-order chi connectivity index (χ1) is 15.6. The van der Waals surface area contributed by atoms with Crippen molar-refractivity contribution in [2.24, 2.45) is 5.92 Å². The van der Waals surface area contributed by atoms with E-state index >= 15 is 0 Å². The number of benzene rings is 2. The molecule has 2 aromatic rings. The summed E-state index contributed by atoms with van der Waals surface area (Å²) in [6, 6.07) is 13.7. The quantitative estimate of drug-likeness (QED) is 0.625. The Morgan fingerprint density at radius 2 is 1.76 bits per heavy atom. The van der Waals surface area contributed by atoms with Crippen LogP contribution in [0.2, 0.25) is 0 Å². The predicted octanol–water partition coefficient (Wildman–Crippen LogP) is 3.35. The van der Waals surface area contributed by atoms with E-state index in [1.807, 2.05) is 37.4 Å². The van der Waals surface area contributed by atoms with Gasteiger partial charge in [0.15, 0.2) is 0 Å². The number of carbonyl (C=O) groups is 1. The number of likely N-dealkylation sites (N-methyl/N-ethyl adjacent to an activating group) is 1. The number of piperidine rings is 1. The summed E-state index contributed by atoms with van der Waals surface area (Å²) in [5, 5.41) is 2.90. The Balaban J connectivity index is 1.47. The summed E-state index contributed by atoms with van der Waals surface area (Å²) in [6.45, 7) is 2.09. The van der Waals surface area contributed by atoms with Gasteiger partial charge in [-0.2, -0.15) is 17.5 Å². The molecule has 0 aliphatic carbocycles. The van der Waals surface area contributed by atoms with E-state index in [-0.39, 0.29) is 29.8 Å². The van der Waals surface area contributed by atoms with Crippen molar-refractivity contribution in [2.75, 3.05) is 33.2 Å². The molecule has 1 aliphatic heterocycles. The van der Waals surface area contributed by atoms with Gasteiger partial charge in [-0.05, 0) is 43.7 Å². The summed E-state index contributed by atoms with van der Waals surface area (Å²) in [5.41, 5.74) is 0.177. The van der Waals surface area contributed by atoms with Gasteiger partial charge in [0.2, 0.25) is 15.9 Å². The van der Waals surface area contributed by atoms with Crippen LogP contribution in [-0.2, 0) is 27.5 Å². The van der Waals surface area contributed by atoms with Crippen molar-refractivity contribution < 1.29 is 26.4 Å². The zero-order valence-corrected chi connectivity index (χ0v) is 19.2. The van der Waals surface area contributed by atoms with Gasteiger partial charge >= 0.3 is 6.18 Å². The maximum atomic E-state index is 12.9. The molecule has 1 aliphatic rings. The molecule has 0 unspecified atom stereocenters. The molecule has 1 amide bonds. The number of halogens is 3. The molecule has 6 nitrogen and oxygen atoms in total. The second kappa shape index (κ2) is 10.7. The van der Waals surface area contributed by atoms with Crippen LogP contribution in [0.4, 0.5) is 13.2 Å². The lowest BCUT2D eigenvalue weighted by molar-refractivity contribution is -0.137. The summed E-state index contributed by atoms with van der Waals surface area (Å²) >= 11 is 0. The van der Waals surface area contributed by atoms with E-state index in [1.165, 1.54) is 5.56 Å². The molecule has 180 valence electrons. The lowest BCUT2D eigenvalue weighted by Crippen LogP contribution is -2.44. The molecule has 1 N–H and O–H groups in total. The van der Waals surface area contributed by atoms with Gasteiger partial charge in [-0.3, -0.25) is 4.79 Å². The highest BCUT2D eigenvalue weighted by Gasteiger charge is 2.35. The van der Waals surface area contributed by atoms with Crippen molar-refractivity contribution in [1.29, 1.82) is 0 Å². The molecule has 0 bridgehead atoms. The van der Waals surface area contributed by atoms with Crippen LogP contribution in [0.15, 0.2) is 59.5 Å². The van der Waals surface area contributed by atoms with Crippen LogP contribution in [-0.4, -0.2) is 56.8 Å². The van der Waals surface area contributed by atoms with Crippen LogP contribution in [0.5, 0.6) is 0 Å². The fourth-order valence-corrected chi connectivity index (χ4v) is 5.34. The molecule has 0 saturated carbocycles. The second-order valence-corrected chi connectivity index (χ2v) is 10.2. The normalized spacial score (nSPS) is 16.2. The third-order valence-electron chi connectivity index (χ3n) is 5.71. The molecule has 0 radical (unpaired) electrons. The number of hydrogen-bond donors (Lipinski definition) is 1. The summed E-state index contributed by atoms with van der Waals surface area (Å²) < 4.78 is 65.6. The van der Waals surface area contributed by atoms with Crippen molar-refractivity contribution in [1.82, 2.24) is 14.5 Å². The first-order valence-electron chi connectivity index (χ1n) is 10.7. The van der Waals surface area contributed by atoms with Crippen LogP contribution in [0, 0.1) is 5.92 Å². The van der Waals surface area contributed by atoms with E-state index in [9.17, 15) is 26.4 Å². The number of nitrogens with one attached hydrogen (secondary N) is 1. The van der Waals surface area contributed by atoms with Crippen LogP contribution >= 0.6 is 0 Å². The van der Waals surface area contributed by atoms with Crippen LogP contribution in [0.1, 0.15) is 24.0 Å². The maximum absolute atomic E-state index is 12.9. The highest BCUT2D eigenvalue weighted by atomic mass is 32.2. The molecule has 0 aromatic heterocycles. The first-order valence-corrected chi connectivity index (χ1v) is 12.2. The van der Waals surface area contributed by atoms with Gasteiger partial charge in [-0.25, -0.2) is 8.42 Å². The third-order valence-corrected chi connectivity index (χ3v) is 7.61. The van der Waals surface area contributed by atoms with Crippen LogP contribution in [0.3, 0.4) is 0 Å². The van der Waals surface area contributed by atoms with Crippen molar-refractivity contribution in [3.8, 4) is 0 Å². The van der Waals surface area contributed by atoms with E-state index in [2.05, 4.69) is 10.2 Å². The Morgan fingerprint density at radius 1 is 1.09 bits per heavy atom. The van der Waals surface area contributed by atoms with E-state index in [4.69, 9.17) is 0 Å². The van der Waals surface area contributed by atoms with Crippen molar-refractivity contribution in [2.45, 2.75) is 30.5 Å². The minimum atomic E-state index is -4.62. The molecule has 1 saturated heterocycles. The van der Waals surface area contributed by atoms with Gasteiger partial charge in [0.05, 0.1) is 10.5 Å². The summed E-state index contributed by atoms with van der Waals surface area (Å²) in [5.74, 6) is -0.448. The molecule has 3 rings (SSSR count).